The molecule has 10 heteroatoms. The number of hydrogen-bond acceptors (Lipinski definition) is 5. The van der Waals surface area contributed by atoms with Gasteiger partial charge in [-0.15, -0.1) is 0 Å². The maximum absolute atomic E-state index is 12.3. The van der Waals surface area contributed by atoms with Gasteiger partial charge in [-0.3, -0.25) is 14.8 Å². The van der Waals surface area contributed by atoms with Gasteiger partial charge in [-0.25, -0.2) is 4.98 Å². The fraction of sp³-hybridized carbons (Fsp3) is 0.375. The molecule has 0 unspecified atom stereocenters. The fourth-order valence-electron chi connectivity index (χ4n) is 2.40. The average molecular weight is 367 g/mol. The van der Waals surface area contributed by atoms with Crippen LogP contribution in [0.2, 0.25) is 0 Å². The van der Waals surface area contributed by atoms with Crippen LogP contribution in [0.4, 0.5) is 13.2 Å². The molecule has 0 aromatic carbocycles. The summed E-state index contributed by atoms with van der Waals surface area (Å²) >= 11 is 0. The Kier molecular flexibility index (Phi) is 4.92. The van der Waals surface area contributed by atoms with Crippen LogP contribution in [0, 0.1) is 0 Å². The molecule has 0 radical (unpaired) electrons. The molecular weight excluding hydrogens is 351 g/mol. The number of rotatable bonds is 6. The van der Waals surface area contributed by atoms with Gasteiger partial charge in [0.25, 0.3) is 11.6 Å². The molecule has 3 rings (SSSR count). The first-order valence-corrected chi connectivity index (χ1v) is 7.98. The van der Waals surface area contributed by atoms with E-state index in [1.807, 2.05) is 4.57 Å². The maximum Gasteiger partial charge on any atom is 0.422 e. The van der Waals surface area contributed by atoms with Crippen LogP contribution in [0.5, 0.6) is 6.01 Å². The number of aromatic nitrogens is 5. The molecule has 7 nitrogen and oxygen atoms in total. The van der Waals surface area contributed by atoms with Crippen molar-refractivity contribution in [1.29, 1.82) is 0 Å². The molecule has 138 valence electrons. The van der Waals surface area contributed by atoms with Crippen LogP contribution in [-0.4, -0.2) is 37.3 Å². The number of aryl methyl sites for hydroxylation is 1. The second-order valence-corrected chi connectivity index (χ2v) is 5.68. The molecule has 3 heterocycles. The highest BCUT2D eigenvalue weighted by atomic mass is 19.4. The molecule has 26 heavy (non-hydrogen) atoms. The monoisotopic (exact) mass is 367 g/mol. The zero-order valence-corrected chi connectivity index (χ0v) is 13.9. The van der Waals surface area contributed by atoms with E-state index >= 15 is 0 Å². The highest BCUT2D eigenvalue weighted by molar-refractivity contribution is 5.89. The predicted molar refractivity (Wildman–Crippen MR) is 87.8 cm³/mol. The number of nitrogens with one attached hydrogen (secondary N) is 1. The Morgan fingerprint density at radius 2 is 2.12 bits per heavy atom. The van der Waals surface area contributed by atoms with Gasteiger partial charge in [0.2, 0.25) is 0 Å². The van der Waals surface area contributed by atoms with Gasteiger partial charge in [0.05, 0.1) is 11.7 Å². The van der Waals surface area contributed by atoms with Crippen molar-refractivity contribution in [2.45, 2.75) is 32.5 Å². The minimum atomic E-state index is -4.54. The maximum atomic E-state index is 12.3. The van der Waals surface area contributed by atoms with Gasteiger partial charge in [-0.05, 0) is 12.5 Å². The largest absolute Gasteiger partial charge is 0.455 e. The van der Waals surface area contributed by atoms with Crippen LogP contribution in [0.1, 0.15) is 19.8 Å². The molecule has 0 saturated carbocycles. The zero-order chi connectivity index (χ0) is 18.7. The number of pyridine rings is 1. The lowest BCUT2D eigenvalue weighted by atomic mass is 10.2. The number of H-pyrrole nitrogens is 1. The molecule has 3 aromatic heterocycles. The summed E-state index contributed by atoms with van der Waals surface area (Å²) in [5.41, 5.74) is 0.308. The topological polar surface area (TPSA) is 85.7 Å². The molecule has 0 saturated heterocycles. The minimum Gasteiger partial charge on any atom is -0.455 e. The Labute approximate surface area is 145 Å². The minimum absolute atomic E-state index is 0.133. The second kappa shape index (κ2) is 7.14. The molecule has 1 N–H and O–H groups in total. The molecule has 0 fully saturated rings. The lowest BCUT2D eigenvalue weighted by Gasteiger charge is -2.09. The molecular formula is C16H16F3N5O2. The van der Waals surface area contributed by atoms with Crippen molar-refractivity contribution in [2.24, 2.45) is 0 Å². The van der Waals surface area contributed by atoms with Gasteiger partial charge in [0, 0.05) is 18.9 Å². The van der Waals surface area contributed by atoms with E-state index in [1.165, 1.54) is 12.3 Å². The molecule has 0 bridgehead atoms. The highest BCUT2D eigenvalue weighted by Gasteiger charge is 2.29. The van der Waals surface area contributed by atoms with E-state index < -0.39 is 24.4 Å². The summed E-state index contributed by atoms with van der Waals surface area (Å²) in [7, 11) is 0. The number of alkyl halides is 3. The standard InChI is InChI=1S/C16H16F3N5O2/c1-2-3-6-24-7-11(21-9-24)13-12-10(4-5-20-13)14(25)23-15(22-12)26-8-16(17,18)19/h4-5,7,9H,2-3,6,8H2,1H3,(H,22,23,25). The lowest BCUT2D eigenvalue weighted by molar-refractivity contribution is -0.154. The summed E-state index contributed by atoms with van der Waals surface area (Å²) in [5.74, 6) is 0. The number of unbranched alkanes of at least 4 members (excludes halogenated alkanes) is 1. The quantitative estimate of drug-likeness (QED) is 0.724. The summed E-state index contributed by atoms with van der Waals surface area (Å²) in [6.45, 7) is 1.30. The first-order chi connectivity index (χ1) is 12.4. The third kappa shape index (κ3) is 4.01. The first-order valence-electron chi connectivity index (χ1n) is 7.98. The fourth-order valence-corrected chi connectivity index (χ4v) is 2.40. The normalized spacial score (nSPS) is 11.8. The van der Waals surface area contributed by atoms with Crippen molar-refractivity contribution < 1.29 is 17.9 Å². The number of nitrogens with zero attached hydrogens (tertiary/aromatic N) is 4. The van der Waals surface area contributed by atoms with E-state index in [0.29, 0.717) is 11.4 Å². The van der Waals surface area contributed by atoms with Gasteiger partial charge >= 0.3 is 6.18 Å². The van der Waals surface area contributed by atoms with Crippen LogP contribution in [0.3, 0.4) is 0 Å². The second-order valence-electron chi connectivity index (χ2n) is 5.68. The van der Waals surface area contributed by atoms with Crippen LogP contribution in [0.25, 0.3) is 22.3 Å². The summed E-state index contributed by atoms with van der Waals surface area (Å²) in [6.07, 6.45) is 2.29. The first kappa shape index (κ1) is 17.9. The SMILES string of the molecule is CCCCn1cnc(-c2nccc3c(=O)[nH]c(OCC(F)(F)F)nc23)c1. The molecule has 0 amide bonds. The van der Waals surface area contributed by atoms with Crippen molar-refractivity contribution in [3.8, 4) is 17.4 Å². The van der Waals surface area contributed by atoms with E-state index in [4.69, 9.17) is 0 Å². The third-order valence-corrected chi connectivity index (χ3v) is 3.62. The van der Waals surface area contributed by atoms with Crippen molar-refractivity contribution >= 4 is 10.9 Å². The van der Waals surface area contributed by atoms with Gasteiger partial charge in [0.15, 0.2) is 6.61 Å². The number of fused-ring (bicyclic) bond motifs is 1. The number of halogens is 3. The van der Waals surface area contributed by atoms with Crippen LogP contribution in [0.15, 0.2) is 29.6 Å². The molecule has 0 aliphatic heterocycles. The average Bonchev–Trinajstić information content (AvgIpc) is 3.06. The smallest absolute Gasteiger partial charge is 0.422 e. The Morgan fingerprint density at radius 1 is 1.31 bits per heavy atom. The van der Waals surface area contributed by atoms with Crippen molar-refractivity contribution in [2.75, 3.05) is 6.61 Å². The summed E-state index contributed by atoms with van der Waals surface area (Å²) in [5, 5.41) is 0.192. The number of imidazole rings is 1. The number of hydrogen-bond donors (Lipinski definition) is 1. The Hall–Kier alpha value is -2.91. The Morgan fingerprint density at radius 3 is 2.85 bits per heavy atom. The zero-order valence-electron chi connectivity index (χ0n) is 13.9. The van der Waals surface area contributed by atoms with Gasteiger partial charge in [-0.2, -0.15) is 18.2 Å². The van der Waals surface area contributed by atoms with Crippen molar-refractivity contribution in [1.82, 2.24) is 24.5 Å². The summed E-state index contributed by atoms with van der Waals surface area (Å²) in [6, 6.07) is 0.922. The molecule has 0 aliphatic rings. The third-order valence-electron chi connectivity index (χ3n) is 3.62. The van der Waals surface area contributed by atoms with E-state index in [9.17, 15) is 18.0 Å². The molecule has 3 aromatic rings. The number of aromatic amines is 1. The number of ether oxygens (including phenoxy) is 1. The van der Waals surface area contributed by atoms with Crippen LogP contribution < -0.4 is 10.3 Å². The Balaban J connectivity index is 2.01. The predicted octanol–water partition coefficient (Wildman–Crippen LogP) is 2.92. The van der Waals surface area contributed by atoms with Gasteiger partial charge in [0.1, 0.15) is 16.9 Å². The molecule has 0 atom stereocenters. The van der Waals surface area contributed by atoms with Gasteiger partial charge in [-0.1, -0.05) is 13.3 Å². The van der Waals surface area contributed by atoms with E-state index in [-0.39, 0.29) is 10.9 Å². The van der Waals surface area contributed by atoms with Gasteiger partial charge < -0.3 is 9.30 Å². The van der Waals surface area contributed by atoms with E-state index in [1.54, 1.807) is 12.5 Å². The van der Waals surface area contributed by atoms with Crippen molar-refractivity contribution in [3.63, 3.8) is 0 Å². The Bertz CT molecular complexity index is 964. The lowest BCUT2D eigenvalue weighted by Crippen LogP contribution is -2.21. The van der Waals surface area contributed by atoms with Crippen LogP contribution in [-0.2, 0) is 6.54 Å². The van der Waals surface area contributed by atoms with Crippen LogP contribution >= 0.6 is 0 Å². The van der Waals surface area contributed by atoms with E-state index in [2.05, 4.69) is 31.6 Å². The highest BCUT2D eigenvalue weighted by Crippen LogP contribution is 2.23. The summed E-state index contributed by atoms with van der Waals surface area (Å²) < 4.78 is 43.4. The molecule has 0 aliphatic carbocycles. The van der Waals surface area contributed by atoms with E-state index in [0.717, 1.165) is 19.4 Å². The summed E-state index contributed by atoms with van der Waals surface area (Å²) in [4.78, 5) is 26.8. The van der Waals surface area contributed by atoms with Crippen molar-refractivity contribution in [3.05, 3.63) is 35.1 Å². The molecule has 0 spiro atoms.